The van der Waals surface area contributed by atoms with Gasteiger partial charge in [0, 0.05) is 15.8 Å². The molecule has 1 heterocycles. The van der Waals surface area contributed by atoms with Crippen LogP contribution < -0.4 is 10.0 Å². The second kappa shape index (κ2) is 8.35. The van der Waals surface area contributed by atoms with Crippen molar-refractivity contribution >= 4 is 33.0 Å². The summed E-state index contributed by atoms with van der Waals surface area (Å²) in [5, 5.41) is 4.65. The Balaban J connectivity index is 1.79. The Kier molecular flexibility index (Phi) is 6.27. The molecule has 152 valence electrons. The van der Waals surface area contributed by atoms with Gasteiger partial charge in [0.15, 0.2) is 0 Å². The second-order valence-corrected chi connectivity index (χ2v) is 11.0. The molecule has 1 fully saturated rings. The molecule has 0 bridgehead atoms. The van der Waals surface area contributed by atoms with Crippen LogP contribution in [-0.2, 0) is 10.0 Å². The lowest BCUT2D eigenvalue weighted by Gasteiger charge is -2.21. The Morgan fingerprint density at radius 3 is 2.46 bits per heavy atom. The molecule has 1 saturated carbocycles. The van der Waals surface area contributed by atoms with E-state index in [1.807, 2.05) is 11.4 Å². The van der Waals surface area contributed by atoms with E-state index in [0.717, 1.165) is 0 Å². The van der Waals surface area contributed by atoms with E-state index in [1.165, 1.54) is 43.0 Å². The summed E-state index contributed by atoms with van der Waals surface area (Å²) in [6.07, 6.45) is 6.15. The van der Waals surface area contributed by atoms with Crippen LogP contribution in [-0.4, -0.2) is 19.9 Å². The highest BCUT2D eigenvalue weighted by atomic mass is 32.2. The molecule has 7 heteroatoms. The third-order valence-electron chi connectivity index (χ3n) is 4.75. The third kappa shape index (κ3) is 5.21. The number of nitrogens with one attached hydrogen (secondary N) is 2. The first kappa shape index (κ1) is 21.0. The molecule has 0 saturated heterocycles. The summed E-state index contributed by atoms with van der Waals surface area (Å²) in [4.78, 5) is 14.1. The van der Waals surface area contributed by atoms with Crippen molar-refractivity contribution in [1.82, 2.24) is 4.72 Å². The standard InChI is InChI=1S/C21H28N2O3S2/c1-21(2,3)23-28(25,26)19-12-8-7-11-17(19)22-20(24)16-13-18(27-14-16)15-9-5-4-6-10-15/h7-8,11-15,23H,4-6,9-10H2,1-3H3,(H,22,24). The van der Waals surface area contributed by atoms with E-state index in [-0.39, 0.29) is 16.5 Å². The highest BCUT2D eigenvalue weighted by Gasteiger charge is 2.25. The summed E-state index contributed by atoms with van der Waals surface area (Å²) >= 11 is 1.62. The zero-order chi connectivity index (χ0) is 20.4. The smallest absolute Gasteiger partial charge is 0.256 e. The maximum Gasteiger partial charge on any atom is 0.256 e. The average Bonchev–Trinajstić information content (AvgIpc) is 3.11. The van der Waals surface area contributed by atoms with Crippen molar-refractivity contribution < 1.29 is 13.2 Å². The van der Waals surface area contributed by atoms with Gasteiger partial charge in [-0.3, -0.25) is 4.79 Å². The van der Waals surface area contributed by atoms with Crippen LogP contribution >= 0.6 is 11.3 Å². The van der Waals surface area contributed by atoms with Crippen LogP contribution in [0.2, 0.25) is 0 Å². The molecule has 3 rings (SSSR count). The summed E-state index contributed by atoms with van der Waals surface area (Å²) in [5.41, 5.74) is 0.259. The molecule has 1 aliphatic carbocycles. The first-order valence-corrected chi connectivity index (χ1v) is 12.0. The van der Waals surface area contributed by atoms with Crippen molar-refractivity contribution in [2.24, 2.45) is 0 Å². The predicted molar refractivity (Wildman–Crippen MR) is 115 cm³/mol. The van der Waals surface area contributed by atoms with Gasteiger partial charge >= 0.3 is 0 Å². The molecule has 1 aliphatic rings. The van der Waals surface area contributed by atoms with Gasteiger partial charge in [0.05, 0.1) is 11.3 Å². The molecule has 2 N–H and O–H groups in total. The summed E-state index contributed by atoms with van der Waals surface area (Å²) in [6.45, 7) is 5.34. The van der Waals surface area contributed by atoms with Gasteiger partial charge in [0.1, 0.15) is 4.90 Å². The topological polar surface area (TPSA) is 75.3 Å². The molecular weight excluding hydrogens is 392 g/mol. The molecule has 28 heavy (non-hydrogen) atoms. The van der Waals surface area contributed by atoms with Gasteiger partial charge in [0.25, 0.3) is 5.91 Å². The molecule has 0 unspecified atom stereocenters. The van der Waals surface area contributed by atoms with Crippen molar-refractivity contribution in [3.05, 3.63) is 46.2 Å². The minimum atomic E-state index is -3.75. The number of rotatable bonds is 5. The fourth-order valence-electron chi connectivity index (χ4n) is 3.53. The number of hydrogen-bond acceptors (Lipinski definition) is 4. The molecule has 0 radical (unpaired) electrons. The average molecular weight is 421 g/mol. The Morgan fingerprint density at radius 1 is 1.11 bits per heavy atom. The van der Waals surface area contributed by atoms with Crippen LogP contribution in [0.4, 0.5) is 5.69 Å². The van der Waals surface area contributed by atoms with Crippen LogP contribution in [0.1, 0.15) is 74.0 Å². The Labute approximate surface area is 171 Å². The Bertz CT molecular complexity index is 937. The predicted octanol–water partition coefficient (Wildman–Crippen LogP) is 5.12. The van der Waals surface area contributed by atoms with Gasteiger partial charge in [-0.05, 0) is 57.7 Å². The lowest BCUT2D eigenvalue weighted by molar-refractivity contribution is 0.102. The van der Waals surface area contributed by atoms with Crippen molar-refractivity contribution in [2.75, 3.05) is 5.32 Å². The van der Waals surface area contributed by atoms with Crippen LogP contribution in [0.5, 0.6) is 0 Å². The highest BCUT2D eigenvalue weighted by Crippen LogP contribution is 2.36. The van der Waals surface area contributed by atoms with Crippen molar-refractivity contribution in [1.29, 1.82) is 0 Å². The molecule has 1 amide bonds. The monoisotopic (exact) mass is 420 g/mol. The van der Waals surface area contributed by atoms with Crippen LogP contribution in [0, 0.1) is 0 Å². The van der Waals surface area contributed by atoms with E-state index in [1.54, 1.807) is 50.3 Å². The number of carbonyl (C=O) groups is 1. The molecule has 1 aromatic carbocycles. The lowest BCUT2D eigenvalue weighted by atomic mass is 9.88. The van der Waals surface area contributed by atoms with Gasteiger partial charge in [-0.15, -0.1) is 11.3 Å². The minimum Gasteiger partial charge on any atom is -0.321 e. The molecule has 0 aliphatic heterocycles. The Morgan fingerprint density at radius 2 is 1.79 bits per heavy atom. The maximum atomic E-state index is 12.8. The number of para-hydroxylation sites is 1. The molecule has 2 aromatic rings. The number of sulfonamides is 1. The Hall–Kier alpha value is -1.70. The lowest BCUT2D eigenvalue weighted by Crippen LogP contribution is -2.40. The molecule has 0 atom stereocenters. The molecular formula is C21H28N2O3S2. The van der Waals surface area contributed by atoms with Crippen LogP contribution in [0.25, 0.3) is 0 Å². The van der Waals surface area contributed by atoms with Gasteiger partial charge in [-0.2, -0.15) is 0 Å². The number of benzene rings is 1. The zero-order valence-corrected chi connectivity index (χ0v) is 18.3. The van der Waals surface area contributed by atoms with Crippen LogP contribution in [0.3, 0.4) is 0 Å². The molecule has 5 nitrogen and oxygen atoms in total. The van der Waals surface area contributed by atoms with Gasteiger partial charge in [-0.25, -0.2) is 13.1 Å². The zero-order valence-electron chi connectivity index (χ0n) is 16.6. The summed E-state index contributed by atoms with van der Waals surface area (Å²) in [5.74, 6) is 0.265. The van der Waals surface area contributed by atoms with Crippen molar-refractivity contribution in [3.8, 4) is 0 Å². The van der Waals surface area contributed by atoms with Gasteiger partial charge in [0.2, 0.25) is 10.0 Å². The SMILES string of the molecule is CC(C)(C)NS(=O)(=O)c1ccccc1NC(=O)c1csc(C2CCCCC2)c1. The summed E-state index contributed by atoms with van der Waals surface area (Å²) < 4.78 is 28.1. The first-order valence-electron chi connectivity index (χ1n) is 9.68. The van der Waals surface area contributed by atoms with E-state index < -0.39 is 15.6 Å². The van der Waals surface area contributed by atoms with E-state index >= 15 is 0 Å². The minimum absolute atomic E-state index is 0.0704. The largest absolute Gasteiger partial charge is 0.321 e. The number of amides is 1. The fraction of sp³-hybridized carbons (Fsp3) is 0.476. The summed E-state index contributed by atoms with van der Waals surface area (Å²) in [7, 11) is -3.75. The van der Waals surface area contributed by atoms with Crippen molar-refractivity contribution in [2.45, 2.75) is 69.2 Å². The highest BCUT2D eigenvalue weighted by molar-refractivity contribution is 7.89. The maximum absolute atomic E-state index is 12.8. The first-order chi connectivity index (χ1) is 13.2. The van der Waals surface area contributed by atoms with E-state index in [0.29, 0.717) is 11.5 Å². The number of carbonyl (C=O) groups excluding carboxylic acids is 1. The van der Waals surface area contributed by atoms with E-state index in [4.69, 9.17) is 0 Å². The number of hydrogen-bond donors (Lipinski definition) is 2. The van der Waals surface area contributed by atoms with E-state index in [9.17, 15) is 13.2 Å². The number of thiophene rings is 1. The third-order valence-corrected chi connectivity index (χ3v) is 7.67. The summed E-state index contributed by atoms with van der Waals surface area (Å²) in [6, 6.07) is 8.44. The van der Waals surface area contributed by atoms with Gasteiger partial charge < -0.3 is 5.32 Å². The number of anilines is 1. The quantitative estimate of drug-likeness (QED) is 0.704. The van der Waals surface area contributed by atoms with Crippen molar-refractivity contribution in [3.63, 3.8) is 0 Å². The van der Waals surface area contributed by atoms with Gasteiger partial charge in [-0.1, -0.05) is 31.4 Å². The molecule has 1 aromatic heterocycles. The normalized spacial score (nSPS) is 16.1. The van der Waals surface area contributed by atoms with E-state index in [2.05, 4.69) is 10.0 Å². The second-order valence-electron chi connectivity index (χ2n) is 8.38. The van der Waals surface area contributed by atoms with Crippen LogP contribution in [0.15, 0.2) is 40.6 Å². The fourth-order valence-corrected chi connectivity index (χ4v) is 6.17. The molecule has 0 spiro atoms.